The molecule has 0 aromatic heterocycles. The van der Waals surface area contributed by atoms with Crippen LogP contribution in [0.15, 0.2) is 53.4 Å². The predicted molar refractivity (Wildman–Crippen MR) is 94.4 cm³/mol. The summed E-state index contributed by atoms with van der Waals surface area (Å²) in [6.45, 7) is 0.332. The number of thioether (sulfide) groups is 1. The summed E-state index contributed by atoms with van der Waals surface area (Å²) in [5, 5.41) is 18.7. The third kappa shape index (κ3) is 3.95. The number of phenols is 2. The minimum Gasteiger partial charge on any atom is -0.508 e. The minimum atomic E-state index is -0.431. The zero-order valence-electron chi connectivity index (χ0n) is 13.1. The second-order valence-corrected chi connectivity index (χ2v) is 6.23. The van der Waals surface area contributed by atoms with Crippen molar-refractivity contribution in [3.63, 3.8) is 0 Å². The minimum absolute atomic E-state index is 0.0826. The van der Waals surface area contributed by atoms with Gasteiger partial charge in [-0.25, -0.2) is 0 Å². The maximum absolute atomic E-state index is 12.4. The Balaban J connectivity index is 1.66. The van der Waals surface area contributed by atoms with Gasteiger partial charge in [0.05, 0.1) is 11.4 Å². The van der Waals surface area contributed by atoms with E-state index in [-0.39, 0.29) is 34.8 Å². The van der Waals surface area contributed by atoms with E-state index in [1.165, 1.54) is 24.3 Å². The second kappa shape index (κ2) is 7.31. The normalized spacial score (nSPS) is 15.8. The van der Waals surface area contributed by atoms with Crippen LogP contribution in [0.2, 0.25) is 0 Å². The van der Waals surface area contributed by atoms with E-state index in [0.717, 1.165) is 16.7 Å². The van der Waals surface area contributed by atoms with Crippen molar-refractivity contribution >= 4 is 29.0 Å². The van der Waals surface area contributed by atoms with E-state index in [4.69, 9.17) is 4.74 Å². The second-order valence-electron chi connectivity index (χ2n) is 5.24. The van der Waals surface area contributed by atoms with Gasteiger partial charge in [-0.2, -0.15) is 0 Å². The van der Waals surface area contributed by atoms with Crippen LogP contribution in [-0.2, 0) is 4.79 Å². The molecule has 2 aromatic carbocycles. The van der Waals surface area contributed by atoms with Crippen LogP contribution in [-0.4, -0.2) is 39.4 Å². The van der Waals surface area contributed by atoms with Gasteiger partial charge in [0.15, 0.2) is 0 Å². The average molecular weight is 357 g/mol. The summed E-state index contributed by atoms with van der Waals surface area (Å²) in [6.07, 6.45) is 1.43. The molecule has 0 saturated carbocycles. The van der Waals surface area contributed by atoms with Gasteiger partial charge < -0.3 is 14.9 Å². The van der Waals surface area contributed by atoms with E-state index in [2.05, 4.69) is 0 Å². The number of hydrogen-bond acceptors (Lipinski definition) is 6. The van der Waals surface area contributed by atoms with Crippen molar-refractivity contribution in [3.05, 3.63) is 59.0 Å². The van der Waals surface area contributed by atoms with E-state index in [1.807, 2.05) is 18.2 Å². The molecule has 1 saturated heterocycles. The standard InChI is InChI=1S/C18H15NO5S/c20-13-7-6-12(15(21)11-13)10-16-17(22)19(18(23)25-16)8-9-24-14-4-2-1-3-5-14/h1-7,10-11,20-21H,8-9H2/b16-10-. The van der Waals surface area contributed by atoms with Crippen molar-refractivity contribution in [1.82, 2.24) is 4.90 Å². The van der Waals surface area contributed by atoms with Gasteiger partial charge in [-0.05, 0) is 42.1 Å². The van der Waals surface area contributed by atoms with Gasteiger partial charge in [0.1, 0.15) is 23.9 Å². The van der Waals surface area contributed by atoms with Crippen molar-refractivity contribution in [3.8, 4) is 17.2 Å². The Kier molecular flexibility index (Phi) is 4.95. The first-order valence-corrected chi connectivity index (χ1v) is 8.31. The number of amides is 2. The van der Waals surface area contributed by atoms with Crippen LogP contribution in [0.5, 0.6) is 17.2 Å². The van der Waals surface area contributed by atoms with Crippen molar-refractivity contribution in [2.45, 2.75) is 0 Å². The molecular formula is C18H15NO5S. The third-order valence-corrected chi connectivity index (χ3v) is 4.41. The molecule has 0 aliphatic carbocycles. The zero-order valence-corrected chi connectivity index (χ0v) is 13.9. The lowest BCUT2D eigenvalue weighted by molar-refractivity contribution is -0.123. The van der Waals surface area contributed by atoms with Crippen LogP contribution >= 0.6 is 11.8 Å². The number of phenolic OH excluding ortho intramolecular Hbond substituents is 2. The maximum atomic E-state index is 12.4. The number of ether oxygens (including phenoxy) is 1. The Morgan fingerprint density at radius 1 is 1.08 bits per heavy atom. The molecule has 0 bridgehead atoms. The first-order chi connectivity index (χ1) is 12.0. The van der Waals surface area contributed by atoms with Crippen LogP contribution in [0.4, 0.5) is 4.79 Å². The Morgan fingerprint density at radius 2 is 1.84 bits per heavy atom. The van der Waals surface area contributed by atoms with Crippen LogP contribution in [0.1, 0.15) is 5.56 Å². The highest BCUT2D eigenvalue weighted by Gasteiger charge is 2.34. The molecule has 0 atom stereocenters. The number of rotatable bonds is 5. The fourth-order valence-electron chi connectivity index (χ4n) is 2.26. The number of hydrogen-bond donors (Lipinski definition) is 2. The number of nitrogens with zero attached hydrogens (tertiary/aromatic N) is 1. The summed E-state index contributed by atoms with van der Waals surface area (Å²) in [7, 11) is 0. The molecule has 7 heteroatoms. The summed E-state index contributed by atoms with van der Waals surface area (Å²) in [5.74, 6) is -0.0156. The fourth-order valence-corrected chi connectivity index (χ4v) is 3.12. The Hall–Kier alpha value is -2.93. The Bertz CT molecular complexity index is 835. The quantitative estimate of drug-likeness (QED) is 0.799. The largest absolute Gasteiger partial charge is 0.508 e. The molecule has 128 valence electrons. The number of imide groups is 1. The summed E-state index contributed by atoms with van der Waals surface area (Å²) in [5.41, 5.74) is 0.351. The maximum Gasteiger partial charge on any atom is 0.293 e. The molecule has 1 aliphatic heterocycles. The highest BCUT2D eigenvalue weighted by atomic mass is 32.2. The molecular weight excluding hydrogens is 342 g/mol. The molecule has 0 radical (unpaired) electrons. The van der Waals surface area contributed by atoms with Crippen LogP contribution in [0.3, 0.4) is 0 Å². The van der Waals surface area contributed by atoms with E-state index in [1.54, 1.807) is 12.1 Å². The van der Waals surface area contributed by atoms with Crippen molar-refractivity contribution in [2.24, 2.45) is 0 Å². The number of para-hydroxylation sites is 1. The van der Waals surface area contributed by atoms with Crippen LogP contribution < -0.4 is 4.74 Å². The monoisotopic (exact) mass is 357 g/mol. The number of carbonyl (C=O) groups is 2. The highest BCUT2D eigenvalue weighted by molar-refractivity contribution is 8.18. The fraction of sp³-hybridized carbons (Fsp3) is 0.111. The van der Waals surface area contributed by atoms with Crippen LogP contribution in [0, 0.1) is 0 Å². The molecule has 2 amide bonds. The van der Waals surface area contributed by atoms with Gasteiger partial charge in [0.2, 0.25) is 0 Å². The summed E-state index contributed by atoms with van der Waals surface area (Å²) < 4.78 is 5.51. The lowest BCUT2D eigenvalue weighted by Crippen LogP contribution is -2.32. The van der Waals surface area contributed by atoms with Crippen LogP contribution in [0.25, 0.3) is 6.08 Å². The molecule has 2 N–H and O–H groups in total. The van der Waals surface area contributed by atoms with Gasteiger partial charge in [-0.3, -0.25) is 14.5 Å². The molecule has 1 heterocycles. The number of benzene rings is 2. The first kappa shape index (κ1) is 16.9. The van der Waals surface area contributed by atoms with Gasteiger partial charge in [-0.15, -0.1) is 0 Å². The molecule has 2 aromatic rings. The summed E-state index contributed by atoms with van der Waals surface area (Å²) in [6, 6.07) is 13.2. The molecule has 25 heavy (non-hydrogen) atoms. The molecule has 1 fully saturated rings. The number of aromatic hydroxyl groups is 2. The zero-order chi connectivity index (χ0) is 17.8. The topological polar surface area (TPSA) is 87.1 Å². The van der Waals surface area contributed by atoms with Gasteiger partial charge in [0.25, 0.3) is 11.1 Å². The average Bonchev–Trinajstić information content (AvgIpc) is 2.86. The smallest absolute Gasteiger partial charge is 0.293 e. The SMILES string of the molecule is O=C1S/C(=C\c2ccc(O)cc2O)C(=O)N1CCOc1ccccc1. The third-order valence-electron chi connectivity index (χ3n) is 3.50. The first-order valence-electron chi connectivity index (χ1n) is 7.50. The van der Waals surface area contributed by atoms with Crippen molar-refractivity contribution in [1.29, 1.82) is 0 Å². The molecule has 1 aliphatic rings. The molecule has 0 spiro atoms. The number of carbonyl (C=O) groups excluding carboxylic acids is 2. The van der Waals surface area contributed by atoms with Crippen molar-refractivity contribution in [2.75, 3.05) is 13.2 Å². The Morgan fingerprint density at radius 3 is 2.56 bits per heavy atom. The molecule has 0 unspecified atom stereocenters. The highest BCUT2D eigenvalue weighted by Crippen LogP contribution is 2.34. The summed E-state index contributed by atoms with van der Waals surface area (Å²) >= 11 is 0.805. The van der Waals surface area contributed by atoms with Crippen molar-refractivity contribution < 1.29 is 24.5 Å². The summed E-state index contributed by atoms with van der Waals surface area (Å²) in [4.78, 5) is 25.7. The van der Waals surface area contributed by atoms with Gasteiger partial charge >= 0.3 is 0 Å². The van der Waals surface area contributed by atoms with E-state index in [0.29, 0.717) is 11.3 Å². The molecule has 3 rings (SSSR count). The van der Waals surface area contributed by atoms with E-state index < -0.39 is 5.91 Å². The lowest BCUT2D eigenvalue weighted by atomic mass is 10.1. The lowest BCUT2D eigenvalue weighted by Gasteiger charge is -2.13. The van der Waals surface area contributed by atoms with E-state index >= 15 is 0 Å². The Labute approximate surface area is 148 Å². The predicted octanol–water partition coefficient (Wildman–Crippen LogP) is 3.21. The van der Waals surface area contributed by atoms with E-state index in [9.17, 15) is 19.8 Å². The van der Waals surface area contributed by atoms with Gasteiger partial charge in [-0.1, -0.05) is 18.2 Å². The van der Waals surface area contributed by atoms with Gasteiger partial charge in [0, 0.05) is 11.6 Å². The molecule has 6 nitrogen and oxygen atoms in total.